The number of benzene rings is 1. The van der Waals surface area contributed by atoms with Crippen LogP contribution in [0.25, 0.3) is 0 Å². The van der Waals surface area contributed by atoms with E-state index in [1.54, 1.807) is 25.1 Å². The van der Waals surface area contributed by atoms with E-state index < -0.39 is 0 Å². The van der Waals surface area contributed by atoms with Crippen LogP contribution in [-0.4, -0.2) is 25.0 Å². The van der Waals surface area contributed by atoms with E-state index in [1.165, 1.54) is 0 Å². The van der Waals surface area contributed by atoms with E-state index in [9.17, 15) is 4.79 Å². The van der Waals surface area contributed by atoms with Crippen molar-refractivity contribution in [3.05, 3.63) is 28.8 Å². The van der Waals surface area contributed by atoms with Gasteiger partial charge in [0.1, 0.15) is 5.75 Å². The maximum Gasteiger partial charge on any atom is 0.222 e. The molecule has 0 aromatic heterocycles. The van der Waals surface area contributed by atoms with Gasteiger partial charge >= 0.3 is 0 Å². The number of ether oxygens (including phenoxy) is 1. The molecule has 0 N–H and O–H groups in total. The second kappa shape index (κ2) is 6.64. The average Bonchev–Trinajstić information content (AvgIpc) is 2.28. The lowest BCUT2D eigenvalue weighted by Crippen LogP contribution is -2.27. The van der Waals surface area contributed by atoms with Crippen molar-refractivity contribution in [1.29, 1.82) is 0 Å². The molecule has 0 aliphatic heterocycles. The number of rotatable bonds is 5. The molecule has 1 amide bonds. The van der Waals surface area contributed by atoms with Gasteiger partial charge in [0, 0.05) is 30.6 Å². The van der Waals surface area contributed by atoms with Crippen LogP contribution < -0.4 is 4.74 Å². The fourth-order valence-electron chi connectivity index (χ4n) is 1.72. The molecular formula is C14H20ClNO2. The molecule has 0 radical (unpaired) electrons. The molecule has 100 valence electrons. The molecule has 0 heterocycles. The minimum absolute atomic E-state index is 0.132. The topological polar surface area (TPSA) is 29.5 Å². The number of hydrogen-bond acceptors (Lipinski definition) is 2. The predicted octanol–water partition coefficient (Wildman–Crippen LogP) is 3.35. The second-order valence-electron chi connectivity index (χ2n) is 4.80. The van der Waals surface area contributed by atoms with Crippen LogP contribution in [0.1, 0.15) is 25.8 Å². The first-order valence-electron chi connectivity index (χ1n) is 6.00. The van der Waals surface area contributed by atoms with Crippen molar-refractivity contribution in [2.45, 2.75) is 26.8 Å². The van der Waals surface area contributed by atoms with Crippen molar-refractivity contribution in [1.82, 2.24) is 4.90 Å². The van der Waals surface area contributed by atoms with Crippen LogP contribution in [0.3, 0.4) is 0 Å². The maximum atomic E-state index is 11.9. The van der Waals surface area contributed by atoms with Gasteiger partial charge in [-0.05, 0) is 24.1 Å². The third-order valence-electron chi connectivity index (χ3n) is 2.66. The van der Waals surface area contributed by atoms with Gasteiger partial charge in [-0.2, -0.15) is 0 Å². The lowest BCUT2D eigenvalue weighted by molar-refractivity contribution is -0.131. The highest BCUT2D eigenvalue weighted by molar-refractivity contribution is 6.30. The zero-order valence-corrected chi connectivity index (χ0v) is 12.1. The van der Waals surface area contributed by atoms with Crippen LogP contribution in [0.5, 0.6) is 5.75 Å². The lowest BCUT2D eigenvalue weighted by Gasteiger charge is -2.20. The van der Waals surface area contributed by atoms with Crippen molar-refractivity contribution in [3.8, 4) is 5.75 Å². The molecule has 0 spiro atoms. The monoisotopic (exact) mass is 269 g/mol. The Morgan fingerprint density at radius 2 is 2.11 bits per heavy atom. The van der Waals surface area contributed by atoms with Gasteiger partial charge < -0.3 is 9.64 Å². The third-order valence-corrected chi connectivity index (χ3v) is 2.89. The molecular weight excluding hydrogens is 250 g/mol. The Kier molecular flexibility index (Phi) is 5.48. The van der Waals surface area contributed by atoms with Gasteiger partial charge in [-0.25, -0.2) is 0 Å². The Morgan fingerprint density at radius 1 is 1.44 bits per heavy atom. The Morgan fingerprint density at radius 3 is 2.67 bits per heavy atom. The minimum atomic E-state index is 0.132. The summed E-state index contributed by atoms with van der Waals surface area (Å²) in [4.78, 5) is 13.6. The number of carbonyl (C=O) groups is 1. The summed E-state index contributed by atoms with van der Waals surface area (Å²) in [5.74, 6) is 1.25. The van der Waals surface area contributed by atoms with Gasteiger partial charge in [0.2, 0.25) is 5.91 Å². The summed E-state index contributed by atoms with van der Waals surface area (Å²) in [5, 5.41) is 0.649. The van der Waals surface area contributed by atoms with Crippen molar-refractivity contribution >= 4 is 17.5 Å². The van der Waals surface area contributed by atoms with Crippen LogP contribution >= 0.6 is 11.6 Å². The van der Waals surface area contributed by atoms with Gasteiger partial charge in [0.05, 0.1) is 7.11 Å². The maximum absolute atomic E-state index is 11.9. The highest BCUT2D eigenvalue weighted by Crippen LogP contribution is 2.24. The van der Waals surface area contributed by atoms with Crippen LogP contribution in [-0.2, 0) is 11.3 Å². The number of carbonyl (C=O) groups excluding carboxylic acids is 1. The van der Waals surface area contributed by atoms with Crippen LogP contribution in [0, 0.1) is 5.92 Å². The summed E-state index contributed by atoms with van der Waals surface area (Å²) >= 11 is 5.96. The first kappa shape index (κ1) is 14.8. The first-order chi connectivity index (χ1) is 8.43. The van der Waals surface area contributed by atoms with Crippen molar-refractivity contribution in [2.24, 2.45) is 5.92 Å². The number of halogens is 1. The van der Waals surface area contributed by atoms with Crippen LogP contribution in [0.2, 0.25) is 5.02 Å². The molecule has 0 bridgehead atoms. The fourth-order valence-corrected chi connectivity index (χ4v) is 1.91. The van der Waals surface area contributed by atoms with Gasteiger partial charge in [-0.15, -0.1) is 0 Å². The van der Waals surface area contributed by atoms with Crippen molar-refractivity contribution in [2.75, 3.05) is 14.2 Å². The van der Waals surface area contributed by atoms with E-state index in [1.807, 2.05) is 26.0 Å². The predicted molar refractivity (Wildman–Crippen MR) is 73.9 cm³/mol. The second-order valence-corrected chi connectivity index (χ2v) is 5.24. The number of methoxy groups -OCH3 is 1. The van der Waals surface area contributed by atoms with E-state index in [0.717, 1.165) is 11.3 Å². The van der Waals surface area contributed by atoms with Crippen LogP contribution in [0.15, 0.2) is 18.2 Å². The van der Waals surface area contributed by atoms with Crippen molar-refractivity contribution in [3.63, 3.8) is 0 Å². The normalized spacial score (nSPS) is 10.6. The Balaban J connectivity index is 2.77. The standard InChI is InChI=1S/C14H20ClNO2/c1-10(2)7-14(17)16(3)9-11-8-12(15)5-6-13(11)18-4/h5-6,8,10H,7,9H2,1-4H3. The summed E-state index contributed by atoms with van der Waals surface area (Å²) in [7, 11) is 3.41. The molecule has 0 unspecified atom stereocenters. The van der Waals surface area contributed by atoms with Gasteiger partial charge in [0.25, 0.3) is 0 Å². The molecule has 1 aromatic rings. The quantitative estimate of drug-likeness (QED) is 0.820. The lowest BCUT2D eigenvalue weighted by atomic mass is 10.1. The minimum Gasteiger partial charge on any atom is -0.496 e. The first-order valence-corrected chi connectivity index (χ1v) is 6.38. The largest absolute Gasteiger partial charge is 0.496 e. The summed E-state index contributed by atoms with van der Waals surface area (Å²) in [5.41, 5.74) is 0.921. The van der Waals surface area contributed by atoms with Gasteiger partial charge in [-0.3, -0.25) is 4.79 Å². The molecule has 0 atom stereocenters. The van der Waals surface area contributed by atoms with E-state index in [2.05, 4.69) is 0 Å². The Hall–Kier alpha value is -1.22. The summed E-state index contributed by atoms with van der Waals surface area (Å²) in [6.45, 7) is 4.58. The van der Waals surface area contributed by atoms with E-state index in [4.69, 9.17) is 16.3 Å². The number of amides is 1. The number of hydrogen-bond donors (Lipinski definition) is 0. The fraction of sp³-hybridized carbons (Fsp3) is 0.500. The molecule has 0 saturated carbocycles. The summed E-state index contributed by atoms with van der Waals surface area (Å²) in [6, 6.07) is 5.43. The molecule has 18 heavy (non-hydrogen) atoms. The zero-order valence-electron chi connectivity index (χ0n) is 11.4. The molecule has 1 aromatic carbocycles. The Labute approximate surface area is 114 Å². The van der Waals surface area contributed by atoms with Crippen LogP contribution in [0.4, 0.5) is 0 Å². The van der Waals surface area contributed by atoms with E-state index in [0.29, 0.717) is 23.9 Å². The molecule has 0 saturated heterocycles. The zero-order chi connectivity index (χ0) is 13.7. The van der Waals surface area contributed by atoms with Gasteiger partial charge in [0.15, 0.2) is 0 Å². The molecule has 0 aliphatic rings. The molecule has 3 nitrogen and oxygen atoms in total. The molecule has 0 fully saturated rings. The molecule has 0 aliphatic carbocycles. The smallest absolute Gasteiger partial charge is 0.222 e. The third kappa shape index (κ3) is 4.22. The highest BCUT2D eigenvalue weighted by Gasteiger charge is 2.13. The average molecular weight is 270 g/mol. The Bertz CT molecular complexity index is 418. The molecule has 1 rings (SSSR count). The SMILES string of the molecule is COc1ccc(Cl)cc1CN(C)C(=O)CC(C)C. The van der Waals surface area contributed by atoms with Gasteiger partial charge in [-0.1, -0.05) is 25.4 Å². The summed E-state index contributed by atoms with van der Waals surface area (Å²) < 4.78 is 5.27. The highest BCUT2D eigenvalue weighted by atomic mass is 35.5. The summed E-state index contributed by atoms with van der Waals surface area (Å²) in [6.07, 6.45) is 0.555. The van der Waals surface area contributed by atoms with E-state index in [-0.39, 0.29) is 5.91 Å². The van der Waals surface area contributed by atoms with E-state index >= 15 is 0 Å². The molecule has 4 heteroatoms. The van der Waals surface area contributed by atoms with Crippen molar-refractivity contribution < 1.29 is 9.53 Å². The number of nitrogens with zero attached hydrogens (tertiary/aromatic N) is 1.